The molecule has 1 aliphatic rings. The van der Waals surface area contributed by atoms with Gasteiger partial charge in [-0.15, -0.1) is 0 Å². The van der Waals surface area contributed by atoms with Gasteiger partial charge in [-0.1, -0.05) is 20.3 Å². The monoisotopic (exact) mass is 266 g/mol. The molecule has 0 aromatic carbocycles. The normalized spacial score (nSPS) is 17.1. The van der Waals surface area contributed by atoms with Crippen molar-refractivity contribution in [3.8, 4) is 0 Å². The van der Waals surface area contributed by atoms with Crippen LogP contribution in [0.15, 0.2) is 4.52 Å². The lowest BCUT2D eigenvalue weighted by Gasteiger charge is -2.15. The fourth-order valence-electron chi connectivity index (χ4n) is 2.56. The number of nitrogens with zero attached hydrogens (tertiary/aromatic N) is 3. The summed E-state index contributed by atoms with van der Waals surface area (Å²) in [7, 11) is 0. The Balaban J connectivity index is 1.89. The average Bonchev–Trinajstić information content (AvgIpc) is 3.06. The number of hydrogen-bond acceptors (Lipinski definition) is 5. The minimum absolute atomic E-state index is 0.455. The van der Waals surface area contributed by atoms with E-state index in [2.05, 4.69) is 34.2 Å². The van der Waals surface area contributed by atoms with E-state index in [1.807, 2.05) is 0 Å². The summed E-state index contributed by atoms with van der Waals surface area (Å²) >= 11 is 0. The topological polar surface area (TPSA) is 54.2 Å². The highest BCUT2D eigenvalue weighted by molar-refractivity contribution is 5.28. The Morgan fingerprint density at radius 3 is 2.74 bits per heavy atom. The second-order valence-corrected chi connectivity index (χ2v) is 5.33. The molecule has 5 heteroatoms. The molecule has 108 valence electrons. The van der Waals surface area contributed by atoms with Crippen molar-refractivity contribution in [3.63, 3.8) is 0 Å². The van der Waals surface area contributed by atoms with Crippen molar-refractivity contribution in [3.05, 3.63) is 5.89 Å². The Morgan fingerprint density at radius 2 is 2.05 bits per heavy atom. The molecule has 0 radical (unpaired) electrons. The van der Waals surface area contributed by atoms with Crippen molar-refractivity contribution < 1.29 is 4.52 Å². The molecule has 0 spiro atoms. The number of hydrogen-bond donors (Lipinski definition) is 1. The molecule has 0 aliphatic carbocycles. The molecule has 19 heavy (non-hydrogen) atoms. The summed E-state index contributed by atoms with van der Waals surface area (Å²) in [6, 6.07) is 0.455. The fourth-order valence-corrected chi connectivity index (χ4v) is 2.56. The van der Waals surface area contributed by atoms with Crippen LogP contribution < -0.4 is 10.2 Å². The van der Waals surface area contributed by atoms with Gasteiger partial charge in [0.05, 0.1) is 0 Å². The van der Waals surface area contributed by atoms with Gasteiger partial charge < -0.3 is 14.7 Å². The van der Waals surface area contributed by atoms with E-state index in [1.54, 1.807) is 0 Å². The molecular weight excluding hydrogens is 240 g/mol. The Hall–Kier alpha value is -1.10. The molecule has 1 atom stereocenters. The van der Waals surface area contributed by atoms with E-state index in [0.29, 0.717) is 6.04 Å². The smallest absolute Gasteiger partial charge is 0.266 e. The Bertz CT molecular complexity index is 360. The highest BCUT2D eigenvalue weighted by Crippen LogP contribution is 2.17. The maximum atomic E-state index is 5.39. The van der Waals surface area contributed by atoms with Gasteiger partial charge in [0, 0.05) is 25.6 Å². The van der Waals surface area contributed by atoms with E-state index in [-0.39, 0.29) is 0 Å². The van der Waals surface area contributed by atoms with Gasteiger partial charge in [0.2, 0.25) is 5.89 Å². The third kappa shape index (κ3) is 4.20. The molecule has 1 unspecified atom stereocenters. The first-order valence-corrected chi connectivity index (χ1v) is 7.64. The van der Waals surface area contributed by atoms with Crippen LogP contribution in [-0.2, 0) is 6.42 Å². The minimum Gasteiger partial charge on any atom is -0.338 e. The lowest BCUT2D eigenvalue weighted by molar-refractivity contribution is 0.350. The third-order valence-corrected chi connectivity index (χ3v) is 3.59. The zero-order valence-corrected chi connectivity index (χ0v) is 12.2. The Kier molecular flexibility index (Phi) is 5.63. The van der Waals surface area contributed by atoms with Crippen LogP contribution in [0.5, 0.6) is 0 Å². The second-order valence-electron chi connectivity index (χ2n) is 5.33. The molecule has 1 aromatic rings. The number of aromatic nitrogens is 2. The summed E-state index contributed by atoms with van der Waals surface area (Å²) in [5.41, 5.74) is 0. The first kappa shape index (κ1) is 14.3. The summed E-state index contributed by atoms with van der Waals surface area (Å²) < 4.78 is 5.39. The maximum Gasteiger partial charge on any atom is 0.266 e. The SMILES string of the molecule is CCCNC(CCC)Cc1nc(N2CCCC2)no1. The molecular formula is C14H26N4O. The molecule has 0 bridgehead atoms. The van der Waals surface area contributed by atoms with Crippen LogP contribution in [0.2, 0.25) is 0 Å². The first-order chi connectivity index (χ1) is 9.33. The van der Waals surface area contributed by atoms with Crippen molar-refractivity contribution in [1.82, 2.24) is 15.5 Å². The third-order valence-electron chi connectivity index (χ3n) is 3.59. The van der Waals surface area contributed by atoms with Gasteiger partial charge in [-0.3, -0.25) is 0 Å². The van der Waals surface area contributed by atoms with E-state index in [9.17, 15) is 0 Å². The van der Waals surface area contributed by atoms with Crippen LogP contribution in [-0.4, -0.2) is 35.8 Å². The molecule has 0 saturated carbocycles. The second kappa shape index (κ2) is 7.48. The van der Waals surface area contributed by atoms with Crippen LogP contribution >= 0.6 is 0 Å². The van der Waals surface area contributed by atoms with Gasteiger partial charge in [-0.05, 0) is 37.4 Å². The molecule has 1 N–H and O–H groups in total. The zero-order chi connectivity index (χ0) is 13.5. The number of anilines is 1. The van der Waals surface area contributed by atoms with E-state index in [1.165, 1.54) is 19.3 Å². The summed E-state index contributed by atoms with van der Waals surface area (Å²) in [5, 5.41) is 7.66. The number of nitrogens with one attached hydrogen (secondary N) is 1. The van der Waals surface area contributed by atoms with E-state index < -0.39 is 0 Å². The average molecular weight is 266 g/mol. The molecule has 5 nitrogen and oxygen atoms in total. The maximum absolute atomic E-state index is 5.39. The van der Waals surface area contributed by atoms with E-state index in [0.717, 1.165) is 50.7 Å². The van der Waals surface area contributed by atoms with Gasteiger partial charge in [0.1, 0.15) is 0 Å². The Labute approximate surface area is 115 Å². The van der Waals surface area contributed by atoms with Gasteiger partial charge in [0.25, 0.3) is 5.95 Å². The van der Waals surface area contributed by atoms with Gasteiger partial charge >= 0.3 is 0 Å². The highest BCUT2D eigenvalue weighted by Gasteiger charge is 2.19. The lowest BCUT2D eigenvalue weighted by atomic mass is 10.1. The van der Waals surface area contributed by atoms with Crippen LogP contribution in [0, 0.1) is 0 Å². The first-order valence-electron chi connectivity index (χ1n) is 7.64. The van der Waals surface area contributed by atoms with Crippen molar-refractivity contribution in [2.24, 2.45) is 0 Å². The largest absolute Gasteiger partial charge is 0.338 e. The van der Waals surface area contributed by atoms with Crippen molar-refractivity contribution in [2.45, 2.75) is 58.4 Å². The van der Waals surface area contributed by atoms with Crippen LogP contribution in [0.3, 0.4) is 0 Å². The van der Waals surface area contributed by atoms with E-state index in [4.69, 9.17) is 4.52 Å². The molecule has 1 fully saturated rings. The molecule has 0 amide bonds. The van der Waals surface area contributed by atoms with Crippen LogP contribution in [0.4, 0.5) is 5.95 Å². The molecule has 2 rings (SSSR count). The fraction of sp³-hybridized carbons (Fsp3) is 0.857. The Morgan fingerprint density at radius 1 is 1.26 bits per heavy atom. The molecule has 1 saturated heterocycles. The summed E-state index contributed by atoms with van der Waals surface area (Å²) in [5.74, 6) is 1.54. The van der Waals surface area contributed by atoms with Crippen molar-refractivity contribution in [2.75, 3.05) is 24.5 Å². The van der Waals surface area contributed by atoms with Crippen LogP contribution in [0.25, 0.3) is 0 Å². The molecule has 1 aromatic heterocycles. The van der Waals surface area contributed by atoms with Gasteiger partial charge in [0.15, 0.2) is 0 Å². The minimum atomic E-state index is 0.455. The number of rotatable bonds is 8. The quantitative estimate of drug-likeness (QED) is 0.783. The predicted octanol–water partition coefficient (Wildman–Crippen LogP) is 2.38. The van der Waals surface area contributed by atoms with E-state index >= 15 is 0 Å². The zero-order valence-electron chi connectivity index (χ0n) is 12.2. The van der Waals surface area contributed by atoms with Gasteiger partial charge in [-0.25, -0.2) is 0 Å². The summed E-state index contributed by atoms with van der Waals surface area (Å²) in [4.78, 5) is 6.74. The highest BCUT2D eigenvalue weighted by atomic mass is 16.5. The predicted molar refractivity (Wildman–Crippen MR) is 76.4 cm³/mol. The lowest BCUT2D eigenvalue weighted by Crippen LogP contribution is -2.31. The molecule has 1 aliphatic heterocycles. The standard InChI is InChI=1S/C14H26N4O/c1-3-7-12(15-8-4-2)11-13-16-14(17-19-13)18-9-5-6-10-18/h12,15H,3-11H2,1-2H3. The van der Waals surface area contributed by atoms with Crippen molar-refractivity contribution in [1.29, 1.82) is 0 Å². The van der Waals surface area contributed by atoms with Crippen molar-refractivity contribution >= 4 is 5.95 Å². The summed E-state index contributed by atoms with van der Waals surface area (Å²) in [6.07, 6.45) is 6.80. The molecule has 2 heterocycles. The van der Waals surface area contributed by atoms with Gasteiger partial charge in [-0.2, -0.15) is 4.98 Å². The van der Waals surface area contributed by atoms with Crippen LogP contribution in [0.1, 0.15) is 51.8 Å². The summed E-state index contributed by atoms with van der Waals surface area (Å²) in [6.45, 7) is 7.58.